The number of aryl methyl sites for hydroxylation is 1. The highest BCUT2D eigenvalue weighted by Gasteiger charge is 2.19. The first-order valence-corrected chi connectivity index (χ1v) is 9.19. The molecule has 4 rings (SSSR count). The molecule has 0 aliphatic carbocycles. The van der Waals surface area contributed by atoms with Gasteiger partial charge in [0.15, 0.2) is 5.82 Å². The summed E-state index contributed by atoms with van der Waals surface area (Å²) in [4.78, 5) is 13.0. The lowest BCUT2D eigenvalue weighted by atomic mass is 10.1. The molecule has 1 N–H and O–H groups in total. The Morgan fingerprint density at radius 3 is 2.45 bits per heavy atom. The fraction of sp³-hybridized carbons (Fsp3) is 0.136. The van der Waals surface area contributed by atoms with Gasteiger partial charge in [0.1, 0.15) is 11.4 Å². The second-order valence-corrected chi connectivity index (χ2v) is 6.63. The summed E-state index contributed by atoms with van der Waals surface area (Å²) >= 11 is 0. The first-order chi connectivity index (χ1) is 14.1. The maximum absolute atomic E-state index is 13.0. The van der Waals surface area contributed by atoms with Crippen LogP contribution in [0.5, 0.6) is 5.75 Å². The zero-order valence-electron chi connectivity index (χ0n) is 16.2. The van der Waals surface area contributed by atoms with Crippen molar-refractivity contribution < 1.29 is 9.53 Å². The Bertz CT molecular complexity index is 1110. The van der Waals surface area contributed by atoms with Crippen LogP contribution in [0.4, 0.5) is 5.82 Å². The largest absolute Gasteiger partial charge is 0.497 e. The molecule has 2 heterocycles. The van der Waals surface area contributed by atoms with E-state index in [0.29, 0.717) is 23.6 Å². The number of aromatic nitrogens is 4. The molecule has 1 amide bonds. The van der Waals surface area contributed by atoms with Crippen molar-refractivity contribution in [1.29, 1.82) is 0 Å². The van der Waals surface area contributed by atoms with Crippen molar-refractivity contribution in [2.45, 2.75) is 6.54 Å². The van der Waals surface area contributed by atoms with Crippen molar-refractivity contribution in [2.24, 2.45) is 7.05 Å². The van der Waals surface area contributed by atoms with Crippen molar-refractivity contribution in [3.05, 3.63) is 84.2 Å². The normalized spacial score (nSPS) is 10.7. The van der Waals surface area contributed by atoms with Crippen LogP contribution in [-0.2, 0) is 13.6 Å². The molecule has 0 bridgehead atoms. The van der Waals surface area contributed by atoms with Crippen molar-refractivity contribution in [3.8, 4) is 17.0 Å². The SMILES string of the molecule is COc1ccc(-c2nn(Cc3ccccc3)cc2C(=O)Nc2ccn(C)n2)cc1. The molecule has 7 heteroatoms. The number of benzene rings is 2. The number of amides is 1. The van der Waals surface area contributed by atoms with Crippen LogP contribution in [0.1, 0.15) is 15.9 Å². The van der Waals surface area contributed by atoms with E-state index in [0.717, 1.165) is 16.9 Å². The molecule has 0 unspecified atom stereocenters. The molecule has 2 aromatic carbocycles. The molecule has 0 saturated carbocycles. The van der Waals surface area contributed by atoms with Gasteiger partial charge in [-0.15, -0.1) is 0 Å². The minimum Gasteiger partial charge on any atom is -0.497 e. The van der Waals surface area contributed by atoms with Crippen LogP contribution in [0.15, 0.2) is 73.1 Å². The Morgan fingerprint density at radius 2 is 1.79 bits per heavy atom. The molecule has 2 aromatic heterocycles. The Morgan fingerprint density at radius 1 is 1.03 bits per heavy atom. The summed E-state index contributed by atoms with van der Waals surface area (Å²) in [7, 11) is 3.42. The highest BCUT2D eigenvalue weighted by molar-refractivity contribution is 6.07. The van der Waals surface area contributed by atoms with E-state index in [-0.39, 0.29) is 5.91 Å². The predicted molar refractivity (Wildman–Crippen MR) is 111 cm³/mol. The lowest BCUT2D eigenvalue weighted by Gasteiger charge is -2.04. The molecule has 0 aliphatic heterocycles. The standard InChI is InChI=1S/C22H21N5O2/c1-26-13-12-20(24-26)23-22(28)19-15-27(14-16-6-4-3-5-7-16)25-21(19)17-8-10-18(29-2)11-9-17/h3-13,15H,14H2,1-2H3,(H,23,24,28). The van der Waals surface area contributed by atoms with E-state index in [9.17, 15) is 4.79 Å². The number of carbonyl (C=O) groups excluding carboxylic acids is 1. The second-order valence-electron chi connectivity index (χ2n) is 6.63. The van der Waals surface area contributed by atoms with E-state index < -0.39 is 0 Å². The molecule has 0 radical (unpaired) electrons. The number of nitrogens with zero attached hydrogens (tertiary/aromatic N) is 4. The number of anilines is 1. The minimum absolute atomic E-state index is 0.256. The number of nitrogens with one attached hydrogen (secondary N) is 1. The molecule has 0 aliphatic rings. The Labute approximate surface area is 168 Å². The number of hydrogen-bond donors (Lipinski definition) is 1. The van der Waals surface area contributed by atoms with Crippen molar-refractivity contribution in [1.82, 2.24) is 19.6 Å². The van der Waals surface area contributed by atoms with Crippen LogP contribution in [0.25, 0.3) is 11.3 Å². The van der Waals surface area contributed by atoms with Gasteiger partial charge in [0.05, 0.1) is 19.2 Å². The van der Waals surface area contributed by atoms with E-state index in [4.69, 9.17) is 4.74 Å². The average Bonchev–Trinajstić information content (AvgIpc) is 3.35. The summed E-state index contributed by atoms with van der Waals surface area (Å²) in [6.45, 7) is 0.570. The van der Waals surface area contributed by atoms with Crippen LogP contribution in [0.2, 0.25) is 0 Å². The minimum atomic E-state index is -0.256. The van der Waals surface area contributed by atoms with E-state index in [1.165, 1.54) is 0 Å². The molecule has 146 valence electrons. The number of hydrogen-bond acceptors (Lipinski definition) is 4. The van der Waals surface area contributed by atoms with E-state index in [1.54, 1.807) is 42.0 Å². The second kappa shape index (κ2) is 8.02. The number of ether oxygens (including phenoxy) is 1. The molecule has 7 nitrogen and oxygen atoms in total. The summed E-state index contributed by atoms with van der Waals surface area (Å²) in [6, 6.07) is 19.2. The number of methoxy groups -OCH3 is 1. The monoisotopic (exact) mass is 387 g/mol. The number of rotatable bonds is 6. The third-order valence-corrected chi connectivity index (χ3v) is 4.51. The fourth-order valence-electron chi connectivity index (χ4n) is 3.07. The third-order valence-electron chi connectivity index (χ3n) is 4.51. The maximum atomic E-state index is 13.0. The predicted octanol–water partition coefficient (Wildman–Crippen LogP) is 3.59. The molecular formula is C22H21N5O2. The molecular weight excluding hydrogens is 366 g/mol. The molecule has 0 spiro atoms. The highest BCUT2D eigenvalue weighted by Crippen LogP contribution is 2.25. The zero-order chi connectivity index (χ0) is 20.2. The molecule has 0 fully saturated rings. The van der Waals surface area contributed by atoms with Gasteiger partial charge < -0.3 is 10.1 Å². The number of carbonyl (C=O) groups is 1. The van der Waals surface area contributed by atoms with Crippen LogP contribution >= 0.6 is 0 Å². The molecule has 4 aromatic rings. The Kier molecular flexibility index (Phi) is 5.11. The lowest BCUT2D eigenvalue weighted by molar-refractivity contribution is 0.102. The van der Waals surface area contributed by atoms with Gasteiger partial charge in [0.25, 0.3) is 5.91 Å². The topological polar surface area (TPSA) is 74.0 Å². The summed E-state index contributed by atoms with van der Waals surface area (Å²) in [5.41, 5.74) is 3.03. The average molecular weight is 387 g/mol. The first kappa shape index (κ1) is 18.5. The van der Waals surface area contributed by atoms with E-state index in [1.807, 2.05) is 54.6 Å². The lowest BCUT2D eigenvalue weighted by Crippen LogP contribution is -2.13. The first-order valence-electron chi connectivity index (χ1n) is 9.19. The van der Waals surface area contributed by atoms with Crippen LogP contribution < -0.4 is 10.1 Å². The van der Waals surface area contributed by atoms with E-state index >= 15 is 0 Å². The Hall–Kier alpha value is -3.87. The molecule has 0 atom stereocenters. The molecule has 29 heavy (non-hydrogen) atoms. The zero-order valence-corrected chi connectivity index (χ0v) is 16.2. The van der Waals surface area contributed by atoms with Gasteiger partial charge >= 0.3 is 0 Å². The Balaban J connectivity index is 1.69. The summed E-state index contributed by atoms with van der Waals surface area (Å²) in [5, 5.41) is 11.7. The quantitative estimate of drug-likeness (QED) is 0.549. The summed E-state index contributed by atoms with van der Waals surface area (Å²) in [6.07, 6.45) is 3.55. The van der Waals surface area contributed by atoms with Crippen molar-refractivity contribution >= 4 is 11.7 Å². The van der Waals surface area contributed by atoms with Gasteiger partial charge in [0, 0.05) is 31.1 Å². The van der Waals surface area contributed by atoms with Gasteiger partial charge in [-0.1, -0.05) is 30.3 Å². The van der Waals surface area contributed by atoms with Crippen LogP contribution in [0, 0.1) is 0 Å². The van der Waals surface area contributed by atoms with Gasteiger partial charge in [-0.05, 0) is 29.8 Å². The van der Waals surface area contributed by atoms with Gasteiger partial charge in [-0.25, -0.2) is 0 Å². The molecule has 0 saturated heterocycles. The van der Waals surface area contributed by atoms with Crippen molar-refractivity contribution in [3.63, 3.8) is 0 Å². The van der Waals surface area contributed by atoms with Gasteiger partial charge in [0.2, 0.25) is 0 Å². The van der Waals surface area contributed by atoms with E-state index in [2.05, 4.69) is 15.5 Å². The summed E-state index contributed by atoms with van der Waals surface area (Å²) < 4.78 is 8.65. The van der Waals surface area contributed by atoms with Crippen LogP contribution in [0.3, 0.4) is 0 Å². The smallest absolute Gasteiger partial charge is 0.260 e. The third kappa shape index (κ3) is 4.19. The summed E-state index contributed by atoms with van der Waals surface area (Å²) in [5.74, 6) is 0.986. The highest BCUT2D eigenvalue weighted by atomic mass is 16.5. The van der Waals surface area contributed by atoms with Gasteiger partial charge in [-0.3, -0.25) is 14.2 Å². The van der Waals surface area contributed by atoms with Crippen molar-refractivity contribution in [2.75, 3.05) is 12.4 Å². The fourth-order valence-corrected chi connectivity index (χ4v) is 3.07. The maximum Gasteiger partial charge on any atom is 0.260 e. The van der Waals surface area contributed by atoms with Gasteiger partial charge in [-0.2, -0.15) is 10.2 Å². The van der Waals surface area contributed by atoms with Crippen LogP contribution in [-0.4, -0.2) is 32.6 Å².